The van der Waals surface area contributed by atoms with Gasteiger partial charge in [-0.1, -0.05) is 27.5 Å². The first-order chi connectivity index (χ1) is 12.3. The summed E-state index contributed by atoms with van der Waals surface area (Å²) in [6.07, 6.45) is 0.0809. The number of nitro benzene ring substituents is 1. The summed E-state index contributed by atoms with van der Waals surface area (Å²) in [6.45, 7) is 0.252. The molecule has 2 amide bonds. The number of carbonyl (C=O) groups excluding carboxylic acids is 2. The highest BCUT2D eigenvalue weighted by Gasteiger charge is 2.35. The Kier molecular flexibility index (Phi) is 5.24. The van der Waals surface area contributed by atoms with Crippen LogP contribution >= 0.6 is 27.5 Å². The number of halogens is 2. The minimum Gasteiger partial charge on any atom is -0.326 e. The molecule has 26 heavy (non-hydrogen) atoms. The van der Waals surface area contributed by atoms with Gasteiger partial charge in [-0.15, -0.1) is 0 Å². The van der Waals surface area contributed by atoms with Crippen LogP contribution in [-0.4, -0.2) is 23.3 Å². The van der Waals surface area contributed by atoms with Crippen LogP contribution in [0, 0.1) is 16.0 Å². The number of nitrogens with one attached hydrogen (secondary N) is 1. The van der Waals surface area contributed by atoms with Gasteiger partial charge in [0.1, 0.15) is 5.02 Å². The molecule has 0 saturated carbocycles. The highest BCUT2D eigenvalue weighted by atomic mass is 79.9. The minimum atomic E-state index is -0.619. The average molecular weight is 439 g/mol. The van der Waals surface area contributed by atoms with Crippen LogP contribution < -0.4 is 10.2 Å². The van der Waals surface area contributed by atoms with E-state index in [0.29, 0.717) is 0 Å². The van der Waals surface area contributed by atoms with Crippen LogP contribution in [0.25, 0.3) is 0 Å². The van der Waals surface area contributed by atoms with Crippen LogP contribution in [0.2, 0.25) is 5.02 Å². The third kappa shape index (κ3) is 3.86. The molecule has 0 spiro atoms. The van der Waals surface area contributed by atoms with Gasteiger partial charge in [0.25, 0.3) is 5.69 Å². The molecule has 1 saturated heterocycles. The normalized spacial score (nSPS) is 16.6. The summed E-state index contributed by atoms with van der Waals surface area (Å²) in [5.74, 6) is -1.05. The van der Waals surface area contributed by atoms with Crippen LogP contribution in [0.1, 0.15) is 6.42 Å². The standard InChI is InChI=1S/C17H13BrClN3O4/c18-11-1-4-13(5-2-11)21-9-10(7-16(21)23)17(24)20-12-3-6-14(19)15(8-12)22(25)26/h1-6,8,10H,7,9H2,(H,20,24)/t10-/m0/s1. The molecule has 2 aromatic rings. The Morgan fingerprint density at radius 2 is 1.96 bits per heavy atom. The molecular formula is C17H13BrClN3O4. The number of amides is 2. The second-order valence-electron chi connectivity index (χ2n) is 5.79. The summed E-state index contributed by atoms with van der Waals surface area (Å²) >= 11 is 9.10. The van der Waals surface area contributed by atoms with Crippen molar-refractivity contribution in [1.29, 1.82) is 0 Å². The van der Waals surface area contributed by atoms with Gasteiger partial charge < -0.3 is 10.2 Å². The Labute approximate surface area is 162 Å². The van der Waals surface area contributed by atoms with Crippen LogP contribution in [0.4, 0.5) is 17.1 Å². The molecule has 0 aliphatic carbocycles. The lowest BCUT2D eigenvalue weighted by Crippen LogP contribution is -2.28. The quantitative estimate of drug-likeness (QED) is 0.577. The van der Waals surface area contributed by atoms with E-state index in [1.54, 1.807) is 17.0 Å². The Morgan fingerprint density at radius 1 is 1.27 bits per heavy atom. The fourth-order valence-corrected chi connectivity index (χ4v) is 3.18. The SMILES string of the molecule is O=C(Nc1ccc(Cl)c([N+](=O)[O-])c1)[C@H]1CC(=O)N(c2ccc(Br)cc2)C1. The summed E-state index contributed by atoms with van der Waals surface area (Å²) in [4.78, 5) is 36.6. The van der Waals surface area contributed by atoms with Crippen molar-refractivity contribution < 1.29 is 14.5 Å². The van der Waals surface area contributed by atoms with Gasteiger partial charge >= 0.3 is 0 Å². The molecule has 0 radical (unpaired) electrons. The molecule has 1 aliphatic heterocycles. The van der Waals surface area contributed by atoms with Crippen molar-refractivity contribution >= 4 is 56.4 Å². The summed E-state index contributed by atoms with van der Waals surface area (Å²) in [5.41, 5.74) is 0.694. The summed E-state index contributed by atoms with van der Waals surface area (Å²) < 4.78 is 0.895. The lowest BCUT2D eigenvalue weighted by Gasteiger charge is -2.16. The van der Waals surface area contributed by atoms with Gasteiger partial charge in [0.15, 0.2) is 0 Å². The van der Waals surface area contributed by atoms with Crippen LogP contribution in [0.5, 0.6) is 0 Å². The number of carbonyl (C=O) groups is 2. The number of anilines is 2. The minimum absolute atomic E-state index is 0.00884. The van der Waals surface area contributed by atoms with E-state index in [2.05, 4.69) is 21.2 Å². The number of hydrogen-bond acceptors (Lipinski definition) is 4. The highest BCUT2D eigenvalue weighted by molar-refractivity contribution is 9.10. The second-order valence-corrected chi connectivity index (χ2v) is 7.12. The van der Waals surface area contributed by atoms with E-state index in [-0.39, 0.29) is 41.2 Å². The largest absolute Gasteiger partial charge is 0.326 e. The molecule has 1 N–H and O–H groups in total. The molecule has 3 rings (SSSR count). The first kappa shape index (κ1) is 18.3. The topological polar surface area (TPSA) is 92.5 Å². The van der Waals surface area contributed by atoms with Crippen molar-refractivity contribution in [2.45, 2.75) is 6.42 Å². The monoisotopic (exact) mass is 437 g/mol. The molecule has 7 nitrogen and oxygen atoms in total. The Morgan fingerprint density at radius 3 is 2.62 bits per heavy atom. The molecule has 0 unspecified atom stereocenters. The predicted molar refractivity (Wildman–Crippen MR) is 101 cm³/mol. The summed E-state index contributed by atoms with van der Waals surface area (Å²) in [5, 5.41) is 13.5. The molecule has 1 aliphatic rings. The summed E-state index contributed by atoms with van der Waals surface area (Å²) in [7, 11) is 0. The smallest absolute Gasteiger partial charge is 0.289 e. The Bertz CT molecular complexity index is 888. The van der Waals surface area contributed by atoms with Gasteiger partial charge in [0.2, 0.25) is 11.8 Å². The fourth-order valence-electron chi connectivity index (χ4n) is 2.73. The number of hydrogen-bond donors (Lipinski definition) is 1. The molecule has 0 aromatic heterocycles. The van der Waals surface area contributed by atoms with E-state index in [1.165, 1.54) is 18.2 Å². The van der Waals surface area contributed by atoms with Gasteiger partial charge in [0, 0.05) is 34.9 Å². The molecule has 1 fully saturated rings. The van der Waals surface area contributed by atoms with Crippen molar-refractivity contribution in [2.75, 3.05) is 16.8 Å². The van der Waals surface area contributed by atoms with E-state index in [0.717, 1.165) is 10.2 Å². The maximum Gasteiger partial charge on any atom is 0.289 e. The third-order valence-corrected chi connectivity index (χ3v) is 4.89. The molecule has 9 heteroatoms. The molecule has 1 atom stereocenters. The molecule has 134 valence electrons. The zero-order valence-electron chi connectivity index (χ0n) is 13.3. The van der Waals surface area contributed by atoms with E-state index >= 15 is 0 Å². The maximum atomic E-state index is 12.5. The lowest BCUT2D eigenvalue weighted by molar-refractivity contribution is -0.384. The maximum absolute atomic E-state index is 12.5. The van der Waals surface area contributed by atoms with Crippen molar-refractivity contribution in [3.63, 3.8) is 0 Å². The molecular weight excluding hydrogens is 426 g/mol. The van der Waals surface area contributed by atoms with Crippen molar-refractivity contribution in [1.82, 2.24) is 0 Å². The Balaban J connectivity index is 1.71. The second kappa shape index (κ2) is 7.43. The lowest BCUT2D eigenvalue weighted by atomic mass is 10.1. The van der Waals surface area contributed by atoms with Gasteiger partial charge in [-0.25, -0.2) is 0 Å². The predicted octanol–water partition coefficient (Wildman–Crippen LogP) is 4.00. The molecule has 0 bridgehead atoms. The zero-order valence-corrected chi connectivity index (χ0v) is 15.7. The van der Waals surface area contributed by atoms with Crippen molar-refractivity contribution in [3.8, 4) is 0 Å². The van der Waals surface area contributed by atoms with Gasteiger partial charge in [0.05, 0.1) is 10.8 Å². The molecule has 2 aromatic carbocycles. The zero-order chi connectivity index (χ0) is 18.8. The van der Waals surface area contributed by atoms with Crippen LogP contribution in [0.3, 0.4) is 0 Å². The van der Waals surface area contributed by atoms with E-state index in [1.807, 2.05) is 12.1 Å². The third-order valence-electron chi connectivity index (χ3n) is 4.04. The molecule has 1 heterocycles. The first-order valence-electron chi connectivity index (χ1n) is 7.66. The van der Waals surface area contributed by atoms with E-state index in [9.17, 15) is 19.7 Å². The number of nitrogens with zero attached hydrogens (tertiary/aromatic N) is 2. The van der Waals surface area contributed by atoms with E-state index < -0.39 is 10.8 Å². The summed E-state index contributed by atoms with van der Waals surface area (Å²) in [6, 6.07) is 11.3. The van der Waals surface area contributed by atoms with Crippen molar-refractivity contribution in [2.24, 2.45) is 5.92 Å². The highest BCUT2D eigenvalue weighted by Crippen LogP contribution is 2.30. The van der Waals surface area contributed by atoms with Gasteiger partial charge in [-0.3, -0.25) is 19.7 Å². The number of nitro groups is 1. The van der Waals surface area contributed by atoms with Gasteiger partial charge in [-0.2, -0.15) is 0 Å². The van der Waals surface area contributed by atoms with Gasteiger partial charge in [-0.05, 0) is 36.4 Å². The van der Waals surface area contributed by atoms with Crippen molar-refractivity contribution in [3.05, 3.63) is 62.1 Å². The van der Waals surface area contributed by atoms with Crippen LogP contribution in [-0.2, 0) is 9.59 Å². The average Bonchev–Trinajstić information content (AvgIpc) is 2.99. The van der Waals surface area contributed by atoms with E-state index in [4.69, 9.17) is 11.6 Å². The Hall–Kier alpha value is -2.45. The number of rotatable bonds is 4. The number of benzene rings is 2. The van der Waals surface area contributed by atoms with Crippen LogP contribution in [0.15, 0.2) is 46.9 Å². The fraction of sp³-hybridized carbons (Fsp3) is 0.176. The first-order valence-corrected chi connectivity index (χ1v) is 8.83.